The first-order chi connectivity index (χ1) is 8.69. The Hall–Kier alpha value is -1.55. The monoisotopic (exact) mass is 248 g/mol. The SMILES string of the molecule is COc1cccc(CC2CCCN2CC(N)=O)c1. The van der Waals surface area contributed by atoms with E-state index in [0.29, 0.717) is 12.6 Å². The molecule has 4 heteroatoms. The molecule has 1 aromatic rings. The molecular formula is C14H20N2O2. The quantitative estimate of drug-likeness (QED) is 0.851. The lowest BCUT2D eigenvalue weighted by Gasteiger charge is -2.23. The van der Waals surface area contributed by atoms with E-state index in [4.69, 9.17) is 10.5 Å². The molecule has 18 heavy (non-hydrogen) atoms. The van der Waals surface area contributed by atoms with Gasteiger partial charge >= 0.3 is 0 Å². The van der Waals surface area contributed by atoms with Crippen molar-refractivity contribution in [1.82, 2.24) is 4.90 Å². The molecule has 4 nitrogen and oxygen atoms in total. The first-order valence-corrected chi connectivity index (χ1v) is 6.34. The van der Waals surface area contributed by atoms with E-state index in [1.165, 1.54) is 5.56 Å². The lowest BCUT2D eigenvalue weighted by molar-refractivity contribution is -0.119. The number of amides is 1. The predicted octanol–water partition coefficient (Wildman–Crippen LogP) is 1.19. The molecule has 0 saturated carbocycles. The minimum Gasteiger partial charge on any atom is -0.497 e. The molecule has 0 radical (unpaired) electrons. The van der Waals surface area contributed by atoms with Crippen LogP contribution in [0.25, 0.3) is 0 Å². The lowest BCUT2D eigenvalue weighted by atomic mass is 10.0. The van der Waals surface area contributed by atoms with Gasteiger partial charge in [-0.3, -0.25) is 9.69 Å². The number of carbonyl (C=O) groups excluding carboxylic acids is 1. The summed E-state index contributed by atoms with van der Waals surface area (Å²) in [5, 5.41) is 0. The zero-order valence-electron chi connectivity index (χ0n) is 10.8. The maximum absolute atomic E-state index is 11.0. The Labute approximate surface area is 108 Å². The number of ether oxygens (including phenoxy) is 1. The van der Waals surface area contributed by atoms with E-state index in [0.717, 1.165) is 31.6 Å². The van der Waals surface area contributed by atoms with E-state index in [9.17, 15) is 4.79 Å². The number of hydrogen-bond donors (Lipinski definition) is 1. The van der Waals surface area contributed by atoms with Crippen LogP contribution in [0.3, 0.4) is 0 Å². The number of hydrogen-bond acceptors (Lipinski definition) is 3. The van der Waals surface area contributed by atoms with Gasteiger partial charge in [-0.1, -0.05) is 12.1 Å². The van der Waals surface area contributed by atoms with Crippen molar-refractivity contribution < 1.29 is 9.53 Å². The Morgan fingerprint density at radius 2 is 2.39 bits per heavy atom. The van der Waals surface area contributed by atoms with Crippen molar-refractivity contribution in [3.05, 3.63) is 29.8 Å². The van der Waals surface area contributed by atoms with Crippen LogP contribution in [0.5, 0.6) is 5.75 Å². The molecule has 0 spiro atoms. The second kappa shape index (κ2) is 5.87. The van der Waals surface area contributed by atoms with Crippen LogP contribution in [0.1, 0.15) is 18.4 Å². The molecule has 1 saturated heterocycles. The van der Waals surface area contributed by atoms with Crippen molar-refractivity contribution in [2.45, 2.75) is 25.3 Å². The second-order valence-electron chi connectivity index (χ2n) is 4.79. The van der Waals surface area contributed by atoms with Gasteiger partial charge in [0.25, 0.3) is 0 Å². The fraction of sp³-hybridized carbons (Fsp3) is 0.500. The molecule has 1 amide bonds. The molecule has 2 N–H and O–H groups in total. The van der Waals surface area contributed by atoms with Crippen molar-refractivity contribution in [3.63, 3.8) is 0 Å². The molecule has 1 heterocycles. The number of primary amides is 1. The average molecular weight is 248 g/mol. The van der Waals surface area contributed by atoms with Crippen LogP contribution in [-0.4, -0.2) is 37.0 Å². The smallest absolute Gasteiger partial charge is 0.231 e. The van der Waals surface area contributed by atoms with E-state index in [1.54, 1.807) is 7.11 Å². The van der Waals surface area contributed by atoms with Crippen LogP contribution >= 0.6 is 0 Å². The lowest BCUT2D eigenvalue weighted by Crippen LogP contribution is -2.38. The van der Waals surface area contributed by atoms with E-state index >= 15 is 0 Å². The molecule has 1 aromatic carbocycles. The highest BCUT2D eigenvalue weighted by molar-refractivity contribution is 5.76. The second-order valence-corrected chi connectivity index (χ2v) is 4.79. The van der Waals surface area contributed by atoms with Crippen LogP contribution in [0.4, 0.5) is 0 Å². The van der Waals surface area contributed by atoms with Crippen LogP contribution in [-0.2, 0) is 11.2 Å². The Morgan fingerprint density at radius 3 is 3.11 bits per heavy atom. The minimum atomic E-state index is -0.243. The molecule has 1 aliphatic rings. The van der Waals surface area contributed by atoms with Gasteiger partial charge in [0, 0.05) is 6.04 Å². The van der Waals surface area contributed by atoms with E-state index < -0.39 is 0 Å². The summed E-state index contributed by atoms with van der Waals surface area (Å²) in [6.07, 6.45) is 3.22. The molecule has 0 bridgehead atoms. The first-order valence-electron chi connectivity index (χ1n) is 6.34. The maximum Gasteiger partial charge on any atom is 0.231 e. The molecular weight excluding hydrogens is 228 g/mol. The molecule has 1 unspecified atom stereocenters. The van der Waals surface area contributed by atoms with Crippen molar-refractivity contribution >= 4 is 5.91 Å². The summed E-state index contributed by atoms with van der Waals surface area (Å²) in [6.45, 7) is 1.34. The summed E-state index contributed by atoms with van der Waals surface area (Å²) in [4.78, 5) is 13.2. The predicted molar refractivity (Wildman–Crippen MR) is 70.5 cm³/mol. The number of nitrogens with two attached hydrogens (primary N) is 1. The van der Waals surface area contributed by atoms with Crippen molar-refractivity contribution in [1.29, 1.82) is 0 Å². The highest BCUT2D eigenvalue weighted by atomic mass is 16.5. The maximum atomic E-state index is 11.0. The number of rotatable bonds is 5. The number of likely N-dealkylation sites (tertiary alicyclic amines) is 1. The van der Waals surface area contributed by atoms with E-state index in [-0.39, 0.29) is 5.91 Å². The van der Waals surface area contributed by atoms with Crippen LogP contribution < -0.4 is 10.5 Å². The number of nitrogens with zero attached hydrogens (tertiary/aromatic N) is 1. The highest BCUT2D eigenvalue weighted by Gasteiger charge is 2.25. The van der Waals surface area contributed by atoms with Gasteiger partial charge in [0.2, 0.25) is 5.91 Å². The summed E-state index contributed by atoms with van der Waals surface area (Å²) in [6, 6.07) is 8.52. The van der Waals surface area contributed by atoms with Gasteiger partial charge in [-0.25, -0.2) is 0 Å². The fourth-order valence-corrected chi connectivity index (χ4v) is 2.61. The van der Waals surface area contributed by atoms with Gasteiger partial charge in [-0.05, 0) is 43.5 Å². The fourth-order valence-electron chi connectivity index (χ4n) is 2.61. The molecule has 1 aliphatic heterocycles. The summed E-state index contributed by atoms with van der Waals surface area (Å²) >= 11 is 0. The Kier molecular flexibility index (Phi) is 4.20. The minimum absolute atomic E-state index is 0.243. The van der Waals surface area contributed by atoms with Gasteiger partial charge in [-0.15, -0.1) is 0 Å². The van der Waals surface area contributed by atoms with Crippen LogP contribution in [0.15, 0.2) is 24.3 Å². The van der Waals surface area contributed by atoms with Gasteiger partial charge in [0.15, 0.2) is 0 Å². The van der Waals surface area contributed by atoms with E-state index in [1.807, 2.05) is 12.1 Å². The Balaban J connectivity index is 2.00. The van der Waals surface area contributed by atoms with Gasteiger partial charge in [0.05, 0.1) is 13.7 Å². The zero-order valence-corrected chi connectivity index (χ0v) is 10.8. The van der Waals surface area contributed by atoms with Crippen molar-refractivity contribution in [2.75, 3.05) is 20.2 Å². The number of methoxy groups -OCH3 is 1. The third-order valence-electron chi connectivity index (χ3n) is 3.46. The molecule has 1 atom stereocenters. The van der Waals surface area contributed by atoms with E-state index in [2.05, 4.69) is 17.0 Å². The molecule has 0 aliphatic carbocycles. The third-order valence-corrected chi connectivity index (χ3v) is 3.46. The summed E-state index contributed by atoms with van der Waals surface area (Å²) in [7, 11) is 1.67. The normalized spacial score (nSPS) is 19.9. The molecule has 0 aromatic heterocycles. The highest BCUT2D eigenvalue weighted by Crippen LogP contribution is 2.22. The summed E-state index contributed by atoms with van der Waals surface area (Å²) in [5.41, 5.74) is 6.52. The number of carbonyl (C=O) groups is 1. The Bertz CT molecular complexity index is 420. The van der Waals surface area contributed by atoms with Gasteiger partial charge in [0.1, 0.15) is 5.75 Å². The topological polar surface area (TPSA) is 55.6 Å². The standard InChI is InChI=1S/C14H20N2O2/c1-18-13-6-2-4-11(9-13)8-12-5-3-7-16(12)10-14(15)17/h2,4,6,9,12H,3,5,7-8,10H2,1H3,(H2,15,17). The molecule has 2 rings (SSSR count). The summed E-state index contributed by atoms with van der Waals surface area (Å²) in [5.74, 6) is 0.638. The van der Waals surface area contributed by atoms with Crippen LogP contribution in [0, 0.1) is 0 Å². The third kappa shape index (κ3) is 3.23. The zero-order chi connectivity index (χ0) is 13.0. The Morgan fingerprint density at radius 1 is 1.56 bits per heavy atom. The number of benzene rings is 1. The summed E-state index contributed by atoms with van der Waals surface area (Å²) < 4.78 is 5.22. The van der Waals surface area contributed by atoms with Gasteiger partial charge in [-0.2, -0.15) is 0 Å². The first kappa shape index (κ1) is 12.9. The van der Waals surface area contributed by atoms with Crippen LogP contribution in [0.2, 0.25) is 0 Å². The van der Waals surface area contributed by atoms with Crippen molar-refractivity contribution in [2.24, 2.45) is 5.73 Å². The van der Waals surface area contributed by atoms with Crippen molar-refractivity contribution in [3.8, 4) is 5.75 Å². The molecule has 1 fully saturated rings. The largest absolute Gasteiger partial charge is 0.497 e. The molecule has 98 valence electrons. The average Bonchev–Trinajstić information content (AvgIpc) is 2.76. The van der Waals surface area contributed by atoms with Gasteiger partial charge < -0.3 is 10.5 Å².